The Morgan fingerprint density at radius 3 is 2.65 bits per heavy atom. The summed E-state index contributed by atoms with van der Waals surface area (Å²) in [5.74, 6) is -2.58. The zero-order valence-electron chi connectivity index (χ0n) is 23.1. The molecule has 9 heteroatoms. The molecule has 9 nitrogen and oxygen atoms in total. The molecule has 4 aliphatic carbocycles. The number of aliphatic carboxylic acids is 1. The summed E-state index contributed by atoms with van der Waals surface area (Å²) in [5, 5.41) is 36.2. The van der Waals surface area contributed by atoms with Crippen molar-refractivity contribution in [3.8, 4) is 5.69 Å². The van der Waals surface area contributed by atoms with Crippen LogP contribution in [0.4, 0.5) is 0 Å². The van der Waals surface area contributed by atoms with Gasteiger partial charge in [0.2, 0.25) is 5.60 Å². The van der Waals surface area contributed by atoms with E-state index in [0.29, 0.717) is 18.5 Å². The topological polar surface area (TPSA) is 139 Å². The number of allylic oxidation sites excluding steroid dienone is 1. The van der Waals surface area contributed by atoms with E-state index in [9.17, 15) is 29.7 Å². The molecule has 3 fully saturated rings. The highest BCUT2D eigenvalue weighted by molar-refractivity contribution is 5.88. The summed E-state index contributed by atoms with van der Waals surface area (Å²) in [6, 6.07) is 6.73. The number of aliphatic hydroxyl groups is 1. The molecule has 3 N–H and O–H groups in total. The van der Waals surface area contributed by atoms with E-state index in [0.717, 1.165) is 24.1 Å². The number of carbonyl (C=O) groups is 3. The van der Waals surface area contributed by atoms with Crippen LogP contribution >= 0.6 is 0 Å². The van der Waals surface area contributed by atoms with Gasteiger partial charge in [0.15, 0.2) is 0 Å². The Hall–Kier alpha value is -3.46. The smallest absolute Gasteiger partial charge is 0.348 e. The van der Waals surface area contributed by atoms with Crippen LogP contribution in [0.2, 0.25) is 0 Å². The van der Waals surface area contributed by atoms with Crippen LogP contribution in [0.3, 0.4) is 0 Å². The zero-order valence-corrected chi connectivity index (χ0v) is 23.1. The van der Waals surface area contributed by atoms with Gasteiger partial charge in [0.25, 0.3) is 0 Å². The average molecular weight is 549 g/mol. The summed E-state index contributed by atoms with van der Waals surface area (Å²) in [5.41, 5.74) is 1.27. The Balaban J connectivity index is 1.36. The molecule has 212 valence electrons. The van der Waals surface area contributed by atoms with Gasteiger partial charge in [0.1, 0.15) is 0 Å². The maximum absolute atomic E-state index is 12.7. The third kappa shape index (κ3) is 3.56. The highest BCUT2D eigenvalue weighted by atomic mass is 16.6. The fourth-order valence-corrected chi connectivity index (χ4v) is 8.98. The van der Waals surface area contributed by atoms with E-state index in [1.165, 1.54) is 5.57 Å². The van der Waals surface area contributed by atoms with Gasteiger partial charge in [-0.05, 0) is 91.5 Å². The predicted molar refractivity (Wildman–Crippen MR) is 145 cm³/mol. The number of carboxylic acids is 2. The molecule has 4 aliphatic rings. The summed E-state index contributed by atoms with van der Waals surface area (Å²) in [6.07, 6.45) is 6.83. The third-order valence-electron chi connectivity index (χ3n) is 10.8. The molecule has 0 radical (unpaired) electrons. The number of carboxylic acid groups (broad SMARTS) is 2. The van der Waals surface area contributed by atoms with E-state index in [1.54, 1.807) is 29.8 Å². The molecule has 0 unspecified atom stereocenters. The van der Waals surface area contributed by atoms with Crippen LogP contribution in [-0.4, -0.2) is 54.7 Å². The molecule has 0 aliphatic heterocycles. The molecule has 3 saturated carbocycles. The first-order valence-corrected chi connectivity index (χ1v) is 14.2. The van der Waals surface area contributed by atoms with Crippen LogP contribution in [0, 0.1) is 28.6 Å². The van der Waals surface area contributed by atoms with E-state index in [2.05, 4.69) is 18.1 Å². The highest BCUT2D eigenvalue weighted by Gasteiger charge is 2.71. The number of aromatic nitrogens is 2. The Kier molecular flexibility index (Phi) is 6.04. The molecule has 6 rings (SSSR count). The number of hydrogen-bond acceptors (Lipinski definition) is 6. The first-order valence-electron chi connectivity index (χ1n) is 14.2. The minimum atomic E-state index is -1.63. The summed E-state index contributed by atoms with van der Waals surface area (Å²) < 4.78 is 7.53. The van der Waals surface area contributed by atoms with Crippen molar-refractivity contribution < 1.29 is 34.4 Å². The maximum Gasteiger partial charge on any atom is 0.348 e. The largest absolute Gasteiger partial charge is 0.478 e. The Bertz CT molecular complexity index is 1440. The van der Waals surface area contributed by atoms with Gasteiger partial charge in [0.05, 0.1) is 29.2 Å². The average Bonchev–Trinajstić information content (AvgIpc) is 3.44. The van der Waals surface area contributed by atoms with E-state index >= 15 is 0 Å². The molecule has 40 heavy (non-hydrogen) atoms. The van der Waals surface area contributed by atoms with E-state index < -0.39 is 35.0 Å². The summed E-state index contributed by atoms with van der Waals surface area (Å²) in [6.45, 7) is 5.78. The second-order valence-corrected chi connectivity index (χ2v) is 12.6. The van der Waals surface area contributed by atoms with E-state index in [-0.39, 0.29) is 48.0 Å². The van der Waals surface area contributed by atoms with Crippen molar-refractivity contribution in [2.45, 2.75) is 77.4 Å². The number of nitrogens with zero attached hydrogens (tertiary/aromatic N) is 2. The lowest BCUT2D eigenvalue weighted by molar-refractivity contribution is -0.210. The summed E-state index contributed by atoms with van der Waals surface area (Å²) >= 11 is 0. The second kappa shape index (κ2) is 9.03. The fourth-order valence-electron chi connectivity index (χ4n) is 8.98. The standard InChI is InChI=1S/C31H36N2O7/c1-4-25(35)40-31(28(38)39)11-10-22-21-9-8-19-13-23-18(14-29(19,2)26(21)24(34)15-30(22,31)3)16-32-33(23)20-7-5-6-17(12-20)27(36)37/h5-7,12-13,16,21-22,24,26,34H,4,8-11,14-15H2,1-3H3,(H,36,37)(H,38,39)/t21-,22-,24-,26+,29-,30-,31-/m0/s1. The molecule has 0 bridgehead atoms. The second-order valence-electron chi connectivity index (χ2n) is 12.6. The van der Waals surface area contributed by atoms with Crippen molar-refractivity contribution in [1.82, 2.24) is 9.78 Å². The SMILES string of the molecule is CCC(=O)O[C@]1(C(=O)O)CC[C@H]2[C@@H]3CCC4=Cc5c(cnn5-c5cccc(C(=O)O)c5)C[C@]4(C)[C@H]3[C@@H](O)C[C@@]21C. The first-order chi connectivity index (χ1) is 18.9. The number of esters is 1. The summed E-state index contributed by atoms with van der Waals surface area (Å²) in [7, 11) is 0. The molecule has 0 amide bonds. The van der Waals surface area contributed by atoms with Crippen LogP contribution < -0.4 is 0 Å². The van der Waals surface area contributed by atoms with Gasteiger partial charge >= 0.3 is 17.9 Å². The number of carbonyl (C=O) groups excluding carboxylic acids is 1. The lowest BCUT2D eigenvalue weighted by atomic mass is 9.45. The van der Waals surface area contributed by atoms with Gasteiger partial charge in [-0.1, -0.05) is 32.4 Å². The minimum absolute atomic E-state index is 0.0166. The van der Waals surface area contributed by atoms with Crippen molar-refractivity contribution in [3.05, 3.63) is 52.9 Å². The predicted octanol–water partition coefficient (Wildman–Crippen LogP) is 4.50. The molecule has 1 aromatic carbocycles. The molecule has 2 aromatic rings. The normalized spacial score (nSPS) is 36.0. The molecule has 7 atom stereocenters. The van der Waals surface area contributed by atoms with Crippen LogP contribution in [0.5, 0.6) is 0 Å². The molecule has 1 aromatic heterocycles. The van der Waals surface area contributed by atoms with Crippen LogP contribution in [0.25, 0.3) is 11.8 Å². The lowest BCUT2D eigenvalue weighted by Crippen LogP contribution is -2.63. The fraction of sp³-hybridized carbons (Fsp3) is 0.548. The number of aliphatic hydroxyl groups excluding tert-OH is 1. The van der Waals surface area contributed by atoms with Crippen molar-refractivity contribution in [2.24, 2.45) is 28.6 Å². The number of ether oxygens (including phenoxy) is 1. The van der Waals surface area contributed by atoms with E-state index in [4.69, 9.17) is 4.74 Å². The quantitative estimate of drug-likeness (QED) is 0.464. The number of fused-ring (bicyclic) bond motifs is 6. The van der Waals surface area contributed by atoms with Gasteiger partial charge in [0, 0.05) is 11.8 Å². The van der Waals surface area contributed by atoms with Gasteiger partial charge in [-0.15, -0.1) is 0 Å². The molecule has 0 spiro atoms. The minimum Gasteiger partial charge on any atom is -0.478 e. The van der Waals surface area contributed by atoms with Crippen molar-refractivity contribution in [3.63, 3.8) is 0 Å². The molecular weight excluding hydrogens is 512 g/mol. The number of aromatic carboxylic acids is 1. The van der Waals surface area contributed by atoms with Crippen molar-refractivity contribution in [2.75, 3.05) is 0 Å². The van der Waals surface area contributed by atoms with E-state index in [1.807, 2.05) is 19.2 Å². The monoisotopic (exact) mass is 548 g/mol. The molecule has 0 saturated heterocycles. The number of rotatable bonds is 5. The zero-order chi connectivity index (χ0) is 28.6. The van der Waals surface area contributed by atoms with Crippen molar-refractivity contribution >= 4 is 24.0 Å². The first kappa shape index (κ1) is 26.7. The third-order valence-corrected chi connectivity index (χ3v) is 10.8. The molecule has 1 heterocycles. The number of hydrogen-bond donors (Lipinski definition) is 3. The van der Waals surface area contributed by atoms with Crippen molar-refractivity contribution in [1.29, 1.82) is 0 Å². The highest BCUT2D eigenvalue weighted by Crippen LogP contribution is 2.68. The number of benzene rings is 1. The van der Waals surface area contributed by atoms with Crippen LogP contribution in [-0.2, 0) is 20.7 Å². The Morgan fingerprint density at radius 2 is 1.95 bits per heavy atom. The van der Waals surface area contributed by atoms with Gasteiger partial charge in [-0.25, -0.2) is 14.3 Å². The van der Waals surface area contributed by atoms with Gasteiger partial charge in [-0.2, -0.15) is 5.10 Å². The van der Waals surface area contributed by atoms with Crippen LogP contribution in [0.1, 0.15) is 80.9 Å². The maximum atomic E-state index is 12.7. The Labute approximate surface area is 232 Å². The lowest BCUT2D eigenvalue weighted by Gasteiger charge is -2.60. The summed E-state index contributed by atoms with van der Waals surface area (Å²) in [4.78, 5) is 36.6. The van der Waals surface area contributed by atoms with Gasteiger partial charge in [-0.3, -0.25) is 4.79 Å². The van der Waals surface area contributed by atoms with Crippen LogP contribution in [0.15, 0.2) is 36.0 Å². The Morgan fingerprint density at radius 1 is 1.18 bits per heavy atom. The molecular formula is C31H36N2O7. The van der Waals surface area contributed by atoms with Gasteiger partial charge < -0.3 is 20.1 Å².